The van der Waals surface area contributed by atoms with Crippen LogP contribution in [0.25, 0.3) is 0 Å². The van der Waals surface area contributed by atoms with Gasteiger partial charge in [0.15, 0.2) is 0 Å². The predicted molar refractivity (Wildman–Crippen MR) is 81.8 cm³/mol. The van der Waals surface area contributed by atoms with Crippen LogP contribution in [0.3, 0.4) is 0 Å². The molecule has 0 radical (unpaired) electrons. The van der Waals surface area contributed by atoms with Gasteiger partial charge in [-0.3, -0.25) is 10.1 Å². The van der Waals surface area contributed by atoms with Gasteiger partial charge >= 0.3 is 6.03 Å². The van der Waals surface area contributed by atoms with Gasteiger partial charge in [-0.15, -0.1) is 0 Å². The van der Waals surface area contributed by atoms with Crippen molar-refractivity contribution in [1.29, 1.82) is 0 Å². The number of nitrogens with zero attached hydrogens (tertiary/aromatic N) is 2. The molecule has 1 aromatic rings. The van der Waals surface area contributed by atoms with Gasteiger partial charge in [0.05, 0.1) is 23.7 Å². The molecule has 1 aliphatic rings. The van der Waals surface area contributed by atoms with Crippen molar-refractivity contribution in [3.05, 3.63) is 39.4 Å². The maximum absolute atomic E-state index is 12.2. The zero-order valence-corrected chi connectivity index (χ0v) is 13.0. The van der Waals surface area contributed by atoms with Crippen LogP contribution in [0, 0.1) is 17.0 Å². The molecule has 2 amide bonds. The molecular formula is C15H21N3O4. The second kappa shape index (κ2) is 6.74. The van der Waals surface area contributed by atoms with Crippen molar-refractivity contribution in [3.63, 3.8) is 0 Å². The lowest BCUT2D eigenvalue weighted by Crippen LogP contribution is -2.49. The summed E-state index contributed by atoms with van der Waals surface area (Å²) >= 11 is 0. The monoisotopic (exact) mass is 307 g/mol. The van der Waals surface area contributed by atoms with Gasteiger partial charge in [0.25, 0.3) is 5.69 Å². The largest absolute Gasteiger partial charge is 0.375 e. The van der Waals surface area contributed by atoms with Crippen LogP contribution >= 0.6 is 0 Å². The van der Waals surface area contributed by atoms with Crippen molar-refractivity contribution in [3.8, 4) is 0 Å². The van der Waals surface area contributed by atoms with Crippen LogP contribution in [0.5, 0.6) is 0 Å². The Kier molecular flexibility index (Phi) is 4.97. The smallest absolute Gasteiger partial charge is 0.318 e. The van der Waals surface area contributed by atoms with Crippen molar-refractivity contribution < 1.29 is 14.5 Å². The molecule has 1 aromatic carbocycles. The molecule has 0 spiro atoms. The number of amides is 2. The standard InChI is InChI=1S/C15H21N3O4/c1-10-4-5-13(8-14(10)18(20)21)12(3)16-15(19)17-6-7-22-11(2)9-17/h4-5,8,11-12H,6-7,9H2,1-3H3,(H,16,19)/t11-,12+/m1/s1. The molecule has 0 aromatic heterocycles. The second-order valence-electron chi connectivity index (χ2n) is 5.60. The van der Waals surface area contributed by atoms with E-state index >= 15 is 0 Å². The van der Waals surface area contributed by atoms with Crippen molar-refractivity contribution in [1.82, 2.24) is 10.2 Å². The molecule has 1 aliphatic heterocycles. The normalized spacial score (nSPS) is 19.6. The van der Waals surface area contributed by atoms with E-state index in [-0.39, 0.29) is 23.9 Å². The fourth-order valence-corrected chi connectivity index (χ4v) is 2.46. The van der Waals surface area contributed by atoms with Crippen molar-refractivity contribution in [2.45, 2.75) is 32.9 Å². The molecule has 0 unspecified atom stereocenters. The summed E-state index contributed by atoms with van der Waals surface area (Å²) in [5.41, 5.74) is 1.39. The number of carbonyl (C=O) groups is 1. The predicted octanol–water partition coefficient (Wildman–Crippen LogP) is 2.39. The summed E-state index contributed by atoms with van der Waals surface area (Å²) in [4.78, 5) is 24.5. The van der Waals surface area contributed by atoms with Crippen molar-refractivity contribution in [2.24, 2.45) is 0 Å². The van der Waals surface area contributed by atoms with Crippen LogP contribution in [0.4, 0.5) is 10.5 Å². The first-order chi connectivity index (χ1) is 10.4. The Labute approximate surface area is 129 Å². The van der Waals surface area contributed by atoms with E-state index in [2.05, 4.69) is 5.32 Å². The average molecular weight is 307 g/mol. The lowest BCUT2D eigenvalue weighted by molar-refractivity contribution is -0.385. The fourth-order valence-electron chi connectivity index (χ4n) is 2.46. The summed E-state index contributed by atoms with van der Waals surface area (Å²) in [5, 5.41) is 13.9. The van der Waals surface area contributed by atoms with E-state index in [1.54, 1.807) is 24.0 Å². The van der Waals surface area contributed by atoms with E-state index in [0.29, 0.717) is 30.8 Å². The van der Waals surface area contributed by atoms with E-state index in [0.717, 1.165) is 0 Å². The Hall–Kier alpha value is -2.15. The summed E-state index contributed by atoms with van der Waals surface area (Å²) in [6.45, 7) is 7.06. The van der Waals surface area contributed by atoms with Gasteiger partial charge in [-0.25, -0.2) is 4.79 Å². The Bertz CT molecular complexity index is 576. The third-order valence-corrected chi connectivity index (χ3v) is 3.80. The minimum atomic E-state index is -0.406. The highest BCUT2D eigenvalue weighted by atomic mass is 16.6. The number of carbonyl (C=O) groups excluding carboxylic acids is 1. The zero-order chi connectivity index (χ0) is 16.3. The molecule has 1 saturated heterocycles. The highest BCUT2D eigenvalue weighted by molar-refractivity contribution is 5.75. The molecule has 1 N–H and O–H groups in total. The van der Waals surface area contributed by atoms with Gasteiger partial charge in [0.2, 0.25) is 0 Å². The number of aryl methyl sites for hydroxylation is 1. The van der Waals surface area contributed by atoms with Crippen LogP contribution in [0.2, 0.25) is 0 Å². The number of morpholine rings is 1. The number of nitro benzene ring substituents is 1. The Morgan fingerprint density at radius 3 is 2.91 bits per heavy atom. The topological polar surface area (TPSA) is 84.7 Å². The molecule has 2 atom stereocenters. The van der Waals surface area contributed by atoms with Crippen LogP contribution in [-0.4, -0.2) is 41.7 Å². The van der Waals surface area contributed by atoms with Crippen molar-refractivity contribution in [2.75, 3.05) is 19.7 Å². The number of nitrogens with one attached hydrogen (secondary N) is 1. The minimum Gasteiger partial charge on any atom is -0.375 e. The maximum Gasteiger partial charge on any atom is 0.318 e. The summed E-state index contributed by atoms with van der Waals surface area (Å²) in [6.07, 6.45) is 0.0234. The first-order valence-electron chi connectivity index (χ1n) is 7.30. The van der Waals surface area contributed by atoms with Crippen molar-refractivity contribution >= 4 is 11.7 Å². The molecule has 1 fully saturated rings. The summed E-state index contributed by atoms with van der Waals surface area (Å²) in [5.74, 6) is 0. The Morgan fingerprint density at radius 1 is 1.55 bits per heavy atom. The van der Waals surface area contributed by atoms with Crippen LogP contribution in [-0.2, 0) is 4.74 Å². The molecule has 0 saturated carbocycles. The molecule has 7 heteroatoms. The van der Waals surface area contributed by atoms with E-state index in [4.69, 9.17) is 4.74 Å². The van der Waals surface area contributed by atoms with E-state index in [1.807, 2.05) is 13.8 Å². The molecule has 0 bridgehead atoms. The number of hydrogen-bond donors (Lipinski definition) is 1. The summed E-state index contributed by atoms with van der Waals surface area (Å²) < 4.78 is 5.41. The number of ether oxygens (including phenoxy) is 1. The summed E-state index contributed by atoms with van der Waals surface area (Å²) in [6, 6.07) is 4.54. The molecule has 120 valence electrons. The molecular weight excluding hydrogens is 286 g/mol. The lowest BCUT2D eigenvalue weighted by atomic mass is 10.0. The first kappa shape index (κ1) is 16.2. The van der Waals surface area contributed by atoms with Gasteiger partial charge in [-0.1, -0.05) is 12.1 Å². The third kappa shape index (κ3) is 3.73. The number of benzene rings is 1. The Balaban J connectivity index is 2.05. The second-order valence-corrected chi connectivity index (χ2v) is 5.60. The number of urea groups is 1. The zero-order valence-electron chi connectivity index (χ0n) is 13.0. The quantitative estimate of drug-likeness (QED) is 0.686. The number of nitro groups is 1. The molecule has 0 aliphatic carbocycles. The van der Waals surface area contributed by atoms with Gasteiger partial charge < -0.3 is 15.0 Å². The van der Waals surface area contributed by atoms with Gasteiger partial charge in [-0.05, 0) is 26.3 Å². The van der Waals surface area contributed by atoms with Crippen LogP contribution in [0.1, 0.15) is 31.0 Å². The van der Waals surface area contributed by atoms with Gasteiger partial charge in [-0.2, -0.15) is 0 Å². The van der Waals surface area contributed by atoms with Crippen LogP contribution < -0.4 is 5.32 Å². The van der Waals surface area contributed by atoms with Gasteiger partial charge in [0.1, 0.15) is 0 Å². The molecule has 2 rings (SSSR count). The minimum absolute atomic E-state index is 0.0234. The average Bonchev–Trinajstić information content (AvgIpc) is 2.47. The maximum atomic E-state index is 12.2. The fraction of sp³-hybridized carbons (Fsp3) is 0.533. The highest BCUT2D eigenvalue weighted by Crippen LogP contribution is 2.23. The third-order valence-electron chi connectivity index (χ3n) is 3.80. The van der Waals surface area contributed by atoms with Crippen LogP contribution in [0.15, 0.2) is 18.2 Å². The van der Waals surface area contributed by atoms with E-state index in [1.165, 1.54) is 6.07 Å². The highest BCUT2D eigenvalue weighted by Gasteiger charge is 2.23. The molecule has 1 heterocycles. The SMILES string of the molecule is Cc1ccc([C@H](C)NC(=O)N2CCO[C@H](C)C2)cc1[N+](=O)[O-]. The number of rotatable bonds is 3. The number of hydrogen-bond acceptors (Lipinski definition) is 4. The van der Waals surface area contributed by atoms with Gasteiger partial charge in [0, 0.05) is 24.7 Å². The molecule has 7 nitrogen and oxygen atoms in total. The molecule has 22 heavy (non-hydrogen) atoms. The first-order valence-corrected chi connectivity index (χ1v) is 7.30. The van der Waals surface area contributed by atoms with E-state index in [9.17, 15) is 14.9 Å². The summed E-state index contributed by atoms with van der Waals surface area (Å²) in [7, 11) is 0. The Morgan fingerprint density at radius 2 is 2.27 bits per heavy atom. The lowest BCUT2D eigenvalue weighted by Gasteiger charge is -2.32. The van der Waals surface area contributed by atoms with E-state index < -0.39 is 4.92 Å².